The molecule has 1 N–H and O–H groups in total. The number of aromatic nitrogens is 2. The number of aryl methyl sites for hydroxylation is 1. The molecule has 6 rings (SSSR count). The first-order chi connectivity index (χ1) is 12.8. The molecule has 0 saturated heterocycles. The maximum absolute atomic E-state index is 5.01. The summed E-state index contributed by atoms with van der Waals surface area (Å²) >= 11 is 0. The van der Waals surface area contributed by atoms with Crippen molar-refractivity contribution in [3.05, 3.63) is 78.4 Å². The van der Waals surface area contributed by atoms with E-state index in [1.807, 2.05) is 0 Å². The fourth-order valence-corrected chi connectivity index (χ4v) is 4.17. The minimum Gasteiger partial charge on any atom is -0.337 e. The first kappa shape index (κ1) is 13.9. The lowest BCUT2D eigenvalue weighted by Crippen LogP contribution is -1.85. The molecule has 0 aliphatic carbocycles. The number of hydrogen-bond acceptors (Lipinski definition) is 1. The van der Waals surface area contributed by atoms with Crippen molar-refractivity contribution >= 4 is 43.4 Å². The molecule has 2 heteroatoms. The maximum atomic E-state index is 5.01. The summed E-state index contributed by atoms with van der Waals surface area (Å²) in [7, 11) is 0. The van der Waals surface area contributed by atoms with Gasteiger partial charge in [0.25, 0.3) is 0 Å². The molecule has 1 heterocycles. The minimum atomic E-state index is 0.928. The normalized spacial score (nSPS) is 12.0. The van der Waals surface area contributed by atoms with Crippen LogP contribution in [0.5, 0.6) is 0 Å². The standard InChI is InChI=1S/C24H16N2/c1-14-8-10-17(11-9-14)24-25-22-18-6-2-4-15-12-13-16-5-3-7-19(23(22)26-24)21(16)20(15)18/h2-13H,1H3,(H,25,26). The summed E-state index contributed by atoms with van der Waals surface area (Å²) in [6.45, 7) is 2.11. The van der Waals surface area contributed by atoms with Crippen molar-refractivity contribution in [2.75, 3.05) is 0 Å². The lowest BCUT2D eigenvalue weighted by Gasteiger charge is -2.11. The maximum Gasteiger partial charge on any atom is 0.138 e. The smallest absolute Gasteiger partial charge is 0.138 e. The third-order valence-corrected chi connectivity index (χ3v) is 5.44. The fraction of sp³-hybridized carbons (Fsp3) is 0.0417. The fourth-order valence-electron chi connectivity index (χ4n) is 4.17. The largest absolute Gasteiger partial charge is 0.337 e. The van der Waals surface area contributed by atoms with E-state index in [1.165, 1.54) is 37.9 Å². The van der Waals surface area contributed by atoms with Crippen LogP contribution in [0, 0.1) is 6.92 Å². The van der Waals surface area contributed by atoms with E-state index in [1.54, 1.807) is 0 Å². The Morgan fingerprint density at radius 2 is 1.35 bits per heavy atom. The topological polar surface area (TPSA) is 28.7 Å². The number of H-pyrrole nitrogens is 1. The van der Waals surface area contributed by atoms with Gasteiger partial charge >= 0.3 is 0 Å². The zero-order valence-electron chi connectivity index (χ0n) is 14.4. The first-order valence-corrected chi connectivity index (χ1v) is 8.92. The number of fused-ring (bicyclic) bond motifs is 3. The van der Waals surface area contributed by atoms with E-state index in [9.17, 15) is 0 Å². The predicted octanol–water partition coefficient (Wildman–Crippen LogP) is 6.44. The van der Waals surface area contributed by atoms with Gasteiger partial charge in [-0.3, -0.25) is 0 Å². The molecule has 0 saturated carbocycles. The van der Waals surface area contributed by atoms with Crippen molar-refractivity contribution in [3.8, 4) is 11.4 Å². The van der Waals surface area contributed by atoms with E-state index in [0.29, 0.717) is 0 Å². The molecular formula is C24H16N2. The number of hydrogen-bond donors (Lipinski definition) is 1. The van der Waals surface area contributed by atoms with Gasteiger partial charge in [-0.15, -0.1) is 0 Å². The summed E-state index contributed by atoms with van der Waals surface area (Å²) in [6.07, 6.45) is 0. The van der Waals surface area contributed by atoms with Crippen molar-refractivity contribution < 1.29 is 0 Å². The van der Waals surface area contributed by atoms with Crippen LogP contribution in [0.3, 0.4) is 0 Å². The van der Waals surface area contributed by atoms with Crippen molar-refractivity contribution in [1.82, 2.24) is 9.97 Å². The third kappa shape index (κ3) is 1.73. The molecule has 2 nitrogen and oxygen atoms in total. The van der Waals surface area contributed by atoms with Crippen LogP contribution in [0.4, 0.5) is 0 Å². The van der Waals surface area contributed by atoms with Crippen LogP contribution in [-0.4, -0.2) is 9.97 Å². The monoisotopic (exact) mass is 332 g/mol. The van der Waals surface area contributed by atoms with Gasteiger partial charge in [0.2, 0.25) is 0 Å². The Hall–Kier alpha value is -3.39. The second kappa shape index (κ2) is 4.83. The molecule has 0 atom stereocenters. The van der Waals surface area contributed by atoms with Crippen LogP contribution in [0.15, 0.2) is 72.8 Å². The Bertz CT molecular complexity index is 1340. The Balaban J connectivity index is 1.83. The van der Waals surface area contributed by atoms with Crippen molar-refractivity contribution in [2.45, 2.75) is 6.92 Å². The van der Waals surface area contributed by atoms with Crippen molar-refractivity contribution in [2.24, 2.45) is 0 Å². The minimum absolute atomic E-state index is 0.928. The van der Waals surface area contributed by atoms with E-state index in [4.69, 9.17) is 4.98 Å². The van der Waals surface area contributed by atoms with Gasteiger partial charge in [0, 0.05) is 16.3 Å². The Kier molecular flexibility index (Phi) is 2.57. The van der Waals surface area contributed by atoms with E-state index in [-0.39, 0.29) is 0 Å². The number of imidazole rings is 1. The van der Waals surface area contributed by atoms with Crippen molar-refractivity contribution in [1.29, 1.82) is 0 Å². The molecule has 0 amide bonds. The van der Waals surface area contributed by atoms with Gasteiger partial charge in [-0.2, -0.15) is 0 Å². The highest BCUT2D eigenvalue weighted by Gasteiger charge is 2.16. The molecule has 0 fully saturated rings. The molecule has 0 unspecified atom stereocenters. The average molecular weight is 332 g/mol. The molecule has 122 valence electrons. The summed E-state index contributed by atoms with van der Waals surface area (Å²) in [5.41, 5.74) is 4.55. The lowest BCUT2D eigenvalue weighted by molar-refractivity contribution is 1.33. The highest BCUT2D eigenvalue weighted by Crippen LogP contribution is 2.40. The Morgan fingerprint density at radius 3 is 2.08 bits per heavy atom. The molecule has 0 spiro atoms. The van der Waals surface area contributed by atoms with Gasteiger partial charge in [-0.1, -0.05) is 78.4 Å². The van der Waals surface area contributed by atoms with Crippen LogP contribution < -0.4 is 0 Å². The second-order valence-corrected chi connectivity index (χ2v) is 7.05. The summed E-state index contributed by atoms with van der Waals surface area (Å²) in [6, 6.07) is 26.0. The molecule has 26 heavy (non-hydrogen) atoms. The quantitative estimate of drug-likeness (QED) is 0.345. The zero-order chi connectivity index (χ0) is 17.3. The van der Waals surface area contributed by atoms with Gasteiger partial charge < -0.3 is 4.98 Å². The van der Waals surface area contributed by atoms with Gasteiger partial charge in [0.1, 0.15) is 5.82 Å². The summed E-state index contributed by atoms with van der Waals surface area (Å²) < 4.78 is 0. The zero-order valence-corrected chi connectivity index (χ0v) is 14.4. The highest BCUT2D eigenvalue weighted by atomic mass is 14.9. The second-order valence-electron chi connectivity index (χ2n) is 7.05. The number of aromatic amines is 1. The number of benzene rings is 5. The molecule has 1 aromatic heterocycles. The Labute approximate surface area is 150 Å². The van der Waals surface area contributed by atoms with E-state index < -0.39 is 0 Å². The number of rotatable bonds is 1. The molecular weight excluding hydrogens is 316 g/mol. The van der Waals surface area contributed by atoms with Gasteiger partial charge in [0.05, 0.1) is 11.0 Å². The molecule has 0 bridgehead atoms. The summed E-state index contributed by atoms with van der Waals surface area (Å²) in [5.74, 6) is 0.928. The van der Waals surface area contributed by atoms with Crippen LogP contribution in [-0.2, 0) is 0 Å². The number of nitrogens with zero attached hydrogens (tertiary/aromatic N) is 1. The van der Waals surface area contributed by atoms with E-state index >= 15 is 0 Å². The van der Waals surface area contributed by atoms with Crippen LogP contribution in [0.25, 0.3) is 54.7 Å². The van der Waals surface area contributed by atoms with E-state index in [0.717, 1.165) is 22.4 Å². The molecule has 5 aromatic carbocycles. The van der Waals surface area contributed by atoms with E-state index in [2.05, 4.69) is 84.7 Å². The average Bonchev–Trinajstić information content (AvgIpc) is 3.13. The summed E-state index contributed by atoms with van der Waals surface area (Å²) in [5, 5.41) is 7.65. The van der Waals surface area contributed by atoms with Gasteiger partial charge in [-0.25, -0.2) is 4.98 Å². The first-order valence-electron chi connectivity index (χ1n) is 8.92. The van der Waals surface area contributed by atoms with Crippen molar-refractivity contribution in [3.63, 3.8) is 0 Å². The molecule has 0 radical (unpaired) electrons. The Morgan fingerprint density at radius 1 is 0.692 bits per heavy atom. The molecule has 0 aliphatic heterocycles. The van der Waals surface area contributed by atoms with Crippen LogP contribution >= 0.6 is 0 Å². The van der Waals surface area contributed by atoms with Crippen LogP contribution in [0.2, 0.25) is 0 Å². The van der Waals surface area contributed by atoms with Gasteiger partial charge in [0.15, 0.2) is 0 Å². The highest BCUT2D eigenvalue weighted by molar-refractivity contribution is 6.32. The third-order valence-electron chi connectivity index (χ3n) is 5.44. The molecule has 0 aliphatic rings. The number of nitrogens with one attached hydrogen (secondary N) is 1. The van der Waals surface area contributed by atoms with Gasteiger partial charge in [-0.05, 0) is 28.5 Å². The SMILES string of the molecule is Cc1ccc(-c2nc3c4cccc5ccc6cccc(c3[nH]2)c6c54)cc1. The predicted molar refractivity (Wildman–Crippen MR) is 110 cm³/mol. The molecule has 6 aromatic rings. The summed E-state index contributed by atoms with van der Waals surface area (Å²) in [4.78, 5) is 8.61. The lowest BCUT2D eigenvalue weighted by atomic mass is 9.93. The van der Waals surface area contributed by atoms with Crippen LogP contribution in [0.1, 0.15) is 5.56 Å².